The molecule has 0 spiro atoms. The van der Waals surface area contributed by atoms with Gasteiger partial charge in [-0.25, -0.2) is 4.89 Å². The van der Waals surface area contributed by atoms with E-state index in [2.05, 4.69) is 43.9 Å². The summed E-state index contributed by atoms with van der Waals surface area (Å²) in [5, 5.41) is 20.2. The van der Waals surface area contributed by atoms with Crippen molar-refractivity contribution in [2.24, 2.45) is 5.92 Å². The molecule has 0 aromatic carbocycles. The Morgan fingerprint density at radius 1 is 0.667 bits per heavy atom. The van der Waals surface area contributed by atoms with Gasteiger partial charge in [-0.3, -0.25) is 0 Å². The van der Waals surface area contributed by atoms with Crippen molar-refractivity contribution in [2.45, 2.75) is 85.0 Å². The monoisotopic (exact) mass is 350 g/mol. The Hall–Kier alpha value is -0.700. The largest absolute Gasteiger partial charge is 0.314 e. The fourth-order valence-corrected chi connectivity index (χ4v) is 2.13. The maximum absolute atomic E-state index is 4.72. The first kappa shape index (κ1) is 23.3. The van der Waals surface area contributed by atoms with Crippen LogP contribution in [0.15, 0.2) is 12.3 Å². The van der Waals surface area contributed by atoms with Gasteiger partial charge >= 0.3 is 0 Å². The van der Waals surface area contributed by atoms with Gasteiger partial charge in [0.2, 0.25) is 0 Å². The van der Waals surface area contributed by atoms with Gasteiger partial charge in [0.05, 0.1) is 6.61 Å². The van der Waals surface area contributed by atoms with E-state index in [-0.39, 0.29) is 0 Å². The lowest BCUT2D eigenvalue weighted by atomic mass is 10.0. The van der Waals surface area contributed by atoms with E-state index >= 15 is 0 Å². The van der Waals surface area contributed by atoms with Gasteiger partial charge in [0.25, 0.3) is 0 Å². The van der Waals surface area contributed by atoms with Crippen LogP contribution in [-0.4, -0.2) is 6.61 Å². The molecule has 7 heteroatoms. The lowest BCUT2D eigenvalue weighted by Gasteiger charge is -2.04. The fraction of sp³-hybridized carbons (Fsp3) is 0.882. The van der Waals surface area contributed by atoms with Crippen LogP contribution in [0.1, 0.15) is 85.0 Å². The van der Waals surface area contributed by atoms with Crippen molar-refractivity contribution in [2.75, 3.05) is 6.61 Å². The summed E-state index contributed by atoms with van der Waals surface area (Å²) < 4.78 is 0. The standard InChI is InChI=1S/C17H34O7/c1-4-15-18-20-22-24-23-21-19-16-13-11-9-7-5-6-8-10-12-14-17(2)3/h4,15,17H,5-14,16H2,1-3H3. The highest BCUT2D eigenvalue weighted by Gasteiger charge is 1.97. The van der Waals surface area contributed by atoms with E-state index in [1.165, 1.54) is 57.6 Å². The quantitative estimate of drug-likeness (QED) is 0.128. The maximum Gasteiger partial charge on any atom is 0.128 e. The molecule has 0 aliphatic rings. The average molecular weight is 350 g/mol. The second-order valence-electron chi connectivity index (χ2n) is 6.09. The molecule has 0 aliphatic carbocycles. The number of hydrogen-bond acceptors (Lipinski definition) is 7. The summed E-state index contributed by atoms with van der Waals surface area (Å²) in [6.07, 6.45) is 15.5. The minimum atomic E-state index is 0.425. The molecule has 7 nitrogen and oxygen atoms in total. The molecule has 0 bridgehead atoms. The van der Waals surface area contributed by atoms with Crippen LogP contribution in [0.25, 0.3) is 0 Å². The predicted molar refractivity (Wildman–Crippen MR) is 88.3 cm³/mol. The van der Waals surface area contributed by atoms with Crippen molar-refractivity contribution < 1.29 is 35.0 Å². The maximum atomic E-state index is 4.72. The van der Waals surface area contributed by atoms with E-state index in [9.17, 15) is 0 Å². The Labute approximate surface area is 145 Å². The summed E-state index contributed by atoms with van der Waals surface area (Å²) in [5.74, 6) is 0.839. The first-order valence-corrected chi connectivity index (χ1v) is 9.00. The minimum absolute atomic E-state index is 0.425. The summed E-state index contributed by atoms with van der Waals surface area (Å²) in [6, 6.07) is 0. The van der Waals surface area contributed by atoms with E-state index < -0.39 is 0 Å². The third kappa shape index (κ3) is 21.3. The van der Waals surface area contributed by atoms with E-state index in [0.717, 1.165) is 18.8 Å². The molecule has 0 amide bonds. The smallest absolute Gasteiger partial charge is 0.128 e. The molecule has 0 heterocycles. The van der Waals surface area contributed by atoms with E-state index in [0.29, 0.717) is 6.61 Å². The Morgan fingerprint density at radius 2 is 1.21 bits per heavy atom. The van der Waals surface area contributed by atoms with Crippen molar-refractivity contribution in [1.82, 2.24) is 0 Å². The average Bonchev–Trinajstić information content (AvgIpc) is 2.56. The molecule has 0 fully saturated rings. The van der Waals surface area contributed by atoms with Crippen LogP contribution in [0, 0.1) is 5.92 Å². The van der Waals surface area contributed by atoms with Crippen molar-refractivity contribution in [3.05, 3.63) is 12.3 Å². The van der Waals surface area contributed by atoms with E-state index in [1.54, 1.807) is 13.0 Å². The van der Waals surface area contributed by atoms with Crippen molar-refractivity contribution >= 4 is 0 Å². The summed E-state index contributed by atoms with van der Waals surface area (Å²) in [6.45, 7) is 6.75. The zero-order valence-corrected chi connectivity index (χ0v) is 15.4. The Kier molecular flexibility index (Phi) is 19.8. The number of rotatable bonds is 19. The molecule has 0 atom stereocenters. The zero-order chi connectivity index (χ0) is 17.7. The van der Waals surface area contributed by atoms with Gasteiger partial charge in [-0.15, -0.1) is 0 Å². The molecular formula is C17H34O7. The van der Waals surface area contributed by atoms with Crippen LogP contribution < -0.4 is 0 Å². The topological polar surface area (TPSA) is 64.6 Å². The van der Waals surface area contributed by atoms with Crippen LogP contribution in [0.5, 0.6) is 0 Å². The van der Waals surface area contributed by atoms with Crippen LogP contribution in [-0.2, 0) is 35.0 Å². The third-order valence-corrected chi connectivity index (χ3v) is 3.40. The zero-order valence-electron chi connectivity index (χ0n) is 15.4. The van der Waals surface area contributed by atoms with Gasteiger partial charge in [-0.1, -0.05) is 71.6 Å². The Morgan fingerprint density at radius 3 is 1.83 bits per heavy atom. The normalized spacial score (nSPS) is 11.7. The van der Waals surface area contributed by atoms with Gasteiger partial charge in [-0.2, -0.15) is 0 Å². The Bertz CT molecular complexity index is 259. The predicted octanol–water partition coefficient (Wildman–Crippen LogP) is 5.68. The molecule has 0 saturated carbocycles. The first-order chi connectivity index (χ1) is 11.8. The van der Waals surface area contributed by atoms with Gasteiger partial charge in [0.15, 0.2) is 0 Å². The van der Waals surface area contributed by atoms with Gasteiger partial charge < -0.3 is 4.89 Å². The molecular weight excluding hydrogens is 316 g/mol. The SMILES string of the molecule is CC=COOOOOOOCCCCCCCCCCCC(C)C. The van der Waals surface area contributed by atoms with Crippen LogP contribution >= 0.6 is 0 Å². The molecule has 0 saturated heterocycles. The molecule has 0 radical (unpaired) electrons. The van der Waals surface area contributed by atoms with E-state index in [1.807, 2.05) is 0 Å². The molecule has 0 aromatic rings. The van der Waals surface area contributed by atoms with Crippen LogP contribution in [0.2, 0.25) is 0 Å². The van der Waals surface area contributed by atoms with Crippen LogP contribution in [0.4, 0.5) is 0 Å². The molecule has 144 valence electrons. The van der Waals surface area contributed by atoms with Crippen molar-refractivity contribution in [3.8, 4) is 0 Å². The highest BCUT2D eigenvalue weighted by molar-refractivity contribution is 4.62. The van der Waals surface area contributed by atoms with Gasteiger partial charge in [-0.05, 0) is 35.4 Å². The second kappa shape index (κ2) is 20.3. The third-order valence-electron chi connectivity index (χ3n) is 3.40. The molecule has 0 rings (SSSR count). The highest BCUT2D eigenvalue weighted by Crippen LogP contribution is 2.13. The van der Waals surface area contributed by atoms with E-state index in [4.69, 9.17) is 4.89 Å². The number of allylic oxidation sites excluding steroid dienone is 1. The molecule has 0 aliphatic heterocycles. The summed E-state index contributed by atoms with van der Waals surface area (Å²) in [7, 11) is 0. The lowest BCUT2D eigenvalue weighted by Crippen LogP contribution is -2.01. The fourth-order valence-electron chi connectivity index (χ4n) is 2.13. The number of unbranched alkanes of at least 4 members (excludes halogenated alkanes) is 8. The minimum Gasteiger partial charge on any atom is -0.314 e. The molecule has 0 N–H and O–H groups in total. The van der Waals surface area contributed by atoms with Crippen molar-refractivity contribution in [1.29, 1.82) is 0 Å². The van der Waals surface area contributed by atoms with Gasteiger partial charge in [0, 0.05) is 15.1 Å². The summed E-state index contributed by atoms with van der Waals surface area (Å²) >= 11 is 0. The first-order valence-electron chi connectivity index (χ1n) is 9.00. The summed E-state index contributed by atoms with van der Waals surface area (Å²) in [4.78, 5) is 9.02. The lowest BCUT2D eigenvalue weighted by molar-refractivity contribution is -0.786. The Balaban J connectivity index is 2.98. The molecule has 0 aromatic heterocycles. The van der Waals surface area contributed by atoms with Crippen LogP contribution in [0.3, 0.4) is 0 Å². The second-order valence-corrected chi connectivity index (χ2v) is 6.09. The molecule has 0 unspecified atom stereocenters. The van der Waals surface area contributed by atoms with Gasteiger partial charge in [0.1, 0.15) is 6.26 Å². The molecule has 24 heavy (non-hydrogen) atoms. The highest BCUT2D eigenvalue weighted by atomic mass is 17.9. The van der Waals surface area contributed by atoms with Crippen molar-refractivity contribution in [3.63, 3.8) is 0 Å². The number of hydrogen-bond donors (Lipinski definition) is 0. The summed E-state index contributed by atoms with van der Waals surface area (Å²) in [5.41, 5.74) is 0.